The number of methoxy groups -OCH3 is 2. The molecule has 0 aliphatic heterocycles. The molecule has 0 spiro atoms. The van der Waals surface area contributed by atoms with Gasteiger partial charge in [-0.05, 0) is 25.6 Å². The minimum Gasteiger partial charge on any atom is -0.383 e. The second kappa shape index (κ2) is 8.85. The van der Waals surface area contributed by atoms with E-state index >= 15 is 0 Å². The van der Waals surface area contributed by atoms with E-state index in [1.165, 1.54) is 5.56 Å². The van der Waals surface area contributed by atoms with Crippen LogP contribution < -0.4 is 10.2 Å². The highest BCUT2D eigenvalue weighted by Crippen LogP contribution is 2.14. The van der Waals surface area contributed by atoms with Gasteiger partial charge in [0, 0.05) is 39.5 Å². The molecule has 1 heterocycles. The van der Waals surface area contributed by atoms with Crippen LogP contribution in [0.4, 0.5) is 5.82 Å². The van der Waals surface area contributed by atoms with Gasteiger partial charge in [0.15, 0.2) is 0 Å². The fourth-order valence-corrected chi connectivity index (χ4v) is 1.87. The molecule has 0 aromatic carbocycles. The van der Waals surface area contributed by atoms with Crippen LogP contribution in [-0.2, 0) is 16.0 Å². The predicted molar refractivity (Wildman–Crippen MR) is 77.7 cm³/mol. The first-order valence-electron chi connectivity index (χ1n) is 6.56. The van der Waals surface area contributed by atoms with E-state index in [1.54, 1.807) is 14.2 Å². The monoisotopic (exact) mass is 267 g/mol. The van der Waals surface area contributed by atoms with Gasteiger partial charge in [-0.15, -0.1) is 0 Å². The van der Waals surface area contributed by atoms with E-state index in [0.717, 1.165) is 31.1 Å². The first kappa shape index (κ1) is 15.9. The highest BCUT2D eigenvalue weighted by atomic mass is 16.5. The van der Waals surface area contributed by atoms with Gasteiger partial charge >= 0.3 is 0 Å². The third-order valence-electron chi connectivity index (χ3n) is 3.00. The number of hydrogen-bond donors (Lipinski definition) is 1. The number of anilines is 1. The normalized spacial score (nSPS) is 10.7. The third kappa shape index (κ3) is 5.14. The molecule has 5 nitrogen and oxygen atoms in total. The zero-order chi connectivity index (χ0) is 14.1. The highest BCUT2D eigenvalue weighted by Gasteiger charge is 2.09. The molecule has 0 aliphatic rings. The van der Waals surface area contributed by atoms with Crippen molar-refractivity contribution in [2.45, 2.75) is 13.5 Å². The molecule has 0 bridgehead atoms. The first-order chi connectivity index (χ1) is 9.22. The maximum Gasteiger partial charge on any atom is 0.128 e. The standard InChI is InChI=1S/C14H25N3O2/c1-12-13(11-15-2)5-6-14(16-12)17(7-9-18-3)8-10-19-4/h5-6,15H,7-11H2,1-4H3. The van der Waals surface area contributed by atoms with E-state index in [1.807, 2.05) is 14.0 Å². The Morgan fingerprint density at radius 1 is 1.16 bits per heavy atom. The van der Waals surface area contributed by atoms with Crippen LogP contribution in [0.5, 0.6) is 0 Å². The fourth-order valence-electron chi connectivity index (χ4n) is 1.87. The smallest absolute Gasteiger partial charge is 0.128 e. The van der Waals surface area contributed by atoms with Gasteiger partial charge in [-0.1, -0.05) is 6.07 Å². The van der Waals surface area contributed by atoms with Gasteiger partial charge < -0.3 is 19.7 Å². The van der Waals surface area contributed by atoms with E-state index in [-0.39, 0.29) is 0 Å². The van der Waals surface area contributed by atoms with Crippen LogP contribution in [0.15, 0.2) is 12.1 Å². The van der Waals surface area contributed by atoms with Crippen LogP contribution in [-0.4, -0.2) is 52.6 Å². The van der Waals surface area contributed by atoms with Gasteiger partial charge in [-0.2, -0.15) is 0 Å². The molecule has 0 atom stereocenters. The third-order valence-corrected chi connectivity index (χ3v) is 3.00. The molecule has 1 N–H and O–H groups in total. The number of aryl methyl sites for hydroxylation is 1. The summed E-state index contributed by atoms with van der Waals surface area (Å²) in [5, 5.41) is 3.15. The Balaban J connectivity index is 2.79. The summed E-state index contributed by atoms with van der Waals surface area (Å²) in [6, 6.07) is 4.19. The number of nitrogens with one attached hydrogen (secondary N) is 1. The van der Waals surface area contributed by atoms with Gasteiger partial charge in [0.1, 0.15) is 5.82 Å². The van der Waals surface area contributed by atoms with Gasteiger partial charge in [0.2, 0.25) is 0 Å². The van der Waals surface area contributed by atoms with E-state index < -0.39 is 0 Å². The lowest BCUT2D eigenvalue weighted by molar-refractivity contribution is 0.190. The number of hydrogen-bond acceptors (Lipinski definition) is 5. The van der Waals surface area contributed by atoms with Crippen molar-refractivity contribution in [1.82, 2.24) is 10.3 Å². The number of nitrogens with zero attached hydrogens (tertiary/aromatic N) is 2. The average Bonchev–Trinajstić information content (AvgIpc) is 2.41. The molecule has 1 rings (SSSR count). The Morgan fingerprint density at radius 2 is 1.79 bits per heavy atom. The van der Waals surface area contributed by atoms with Crippen LogP contribution in [0.25, 0.3) is 0 Å². The predicted octanol–water partition coefficient (Wildman–Crippen LogP) is 1.21. The average molecular weight is 267 g/mol. The highest BCUT2D eigenvalue weighted by molar-refractivity contribution is 5.41. The number of pyridine rings is 1. The molecule has 0 saturated carbocycles. The molecule has 0 fully saturated rings. The molecule has 0 saturated heterocycles. The number of ether oxygens (including phenoxy) is 2. The van der Waals surface area contributed by atoms with E-state index in [2.05, 4.69) is 27.3 Å². The maximum absolute atomic E-state index is 5.15. The molecule has 19 heavy (non-hydrogen) atoms. The van der Waals surface area contributed by atoms with Crippen LogP contribution in [0, 0.1) is 6.92 Å². The lowest BCUT2D eigenvalue weighted by Gasteiger charge is -2.24. The minimum absolute atomic E-state index is 0.683. The van der Waals surface area contributed by atoms with Crippen LogP contribution >= 0.6 is 0 Å². The van der Waals surface area contributed by atoms with Gasteiger partial charge in [0.25, 0.3) is 0 Å². The summed E-state index contributed by atoms with van der Waals surface area (Å²) >= 11 is 0. The van der Waals surface area contributed by atoms with Crippen LogP contribution in [0.3, 0.4) is 0 Å². The number of rotatable bonds is 9. The zero-order valence-corrected chi connectivity index (χ0v) is 12.4. The van der Waals surface area contributed by atoms with Crippen molar-refractivity contribution in [1.29, 1.82) is 0 Å². The lowest BCUT2D eigenvalue weighted by atomic mass is 10.2. The Hall–Kier alpha value is -1.17. The quantitative estimate of drug-likeness (QED) is 0.728. The van der Waals surface area contributed by atoms with Crippen LogP contribution in [0.2, 0.25) is 0 Å². The molecule has 0 aliphatic carbocycles. The second-order valence-corrected chi connectivity index (χ2v) is 4.42. The summed E-state index contributed by atoms with van der Waals surface area (Å²) in [6.07, 6.45) is 0. The van der Waals surface area contributed by atoms with Gasteiger partial charge in [0.05, 0.1) is 13.2 Å². The number of aromatic nitrogens is 1. The summed E-state index contributed by atoms with van der Waals surface area (Å²) in [4.78, 5) is 6.86. The van der Waals surface area contributed by atoms with E-state index in [4.69, 9.17) is 9.47 Å². The van der Waals surface area contributed by atoms with Crippen molar-refractivity contribution >= 4 is 5.82 Å². The molecular formula is C14H25N3O2. The zero-order valence-electron chi connectivity index (χ0n) is 12.4. The van der Waals surface area contributed by atoms with Crippen molar-refractivity contribution in [2.24, 2.45) is 0 Å². The van der Waals surface area contributed by atoms with Crippen molar-refractivity contribution < 1.29 is 9.47 Å². The van der Waals surface area contributed by atoms with Crippen molar-refractivity contribution in [3.05, 3.63) is 23.4 Å². The molecule has 5 heteroatoms. The summed E-state index contributed by atoms with van der Waals surface area (Å²) in [7, 11) is 5.36. The Labute approximate surface area is 115 Å². The molecule has 1 aromatic heterocycles. The van der Waals surface area contributed by atoms with Crippen LogP contribution in [0.1, 0.15) is 11.3 Å². The van der Waals surface area contributed by atoms with E-state index in [0.29, 0.717) is 13.2 Å². The molecule has 0 amide bonds. The molecule has 0 unspecified atom stereocenters. The SMILES string of the molecule is CNCc1ccc(N(CCOC)CCOC)nc1C. The minimum atomic E-state index is 0.683. The Kier molecular flexibility index (Phi) is 7.40. The first-order valence-corrected chi connectivity index (χ1v) is 6.56. The van der Waals surface area contributed by atoms with Crippen molar-refractivity contribution in [3.8, 4) is 0 Å². The van der Waals surface area contributed by atoms with Crippen molar-refractivity contribution in [3.63, 3.8) is 0 Å². The molecule has 108 valence electrons. The van der Waals surface area contributed by atoms with Gasteiger partial charge in [-0.3, -0.25) is 0 Å². The second-order valence-electron chi connectivity index (χ2n) is 4.42. The summed E-state index contributed by atoms with van der Waals surface area (Å²) in [5.74, 6) is 0.978. The largest absolute Gasteiger partial charge is 0.383 e. The Bertz CT molecular complexity index is 364. The topological polar surface area (TPSA) is 46.6 Å². The molecular weight excluding hydrogens is 242 g/mol. The lowest BCUT2D eigenvalue weighted by Crippen LogP contribution is -2.31. The molecule has 1 aromatic rings. The summed E-state index contributed by atoms with van der Waals surface area (Å²) in [6.45, 7) is 5.89. The molecule has 0 radical (unpaired) electrons. The van der Waals surface area contributed by atoms with Gasteiger partial charge in [-0.25, -0.2) is 4.98 Å². The summed E-state index contributed by atoms with van der Waals surface area (Å²) < 4.78 is 10.3. The summed E-state index contributed by atoms with van der Waals surface area (Å²) in [5.41, 5.74) is 2.29. The van der Waals surface area contributed by atoms with E-state index in [9.17, 15) is 0 Å². The maximum atomic E-state index is 5.15. The fraction of sp³-hybridized carbons (Fsp3) is 0.643. The van der Waals surface area contributed by atoms with Crippen molar-refractivity contribution in [2.75, 3.05) is 52.5 Å². The Morgan fingerprint density at radius 3 is 2.26 bits per heavy atom.